The van der Waals surface area contributed by atoms with Gasteiger partial charge in [-0.15, -0.1) is 0 Å². The van der Waals surface area contributed by atoms with E-state index in [-0.39, 0.29) is 17.2 Å². The number of rotatable bonds is 5. The average molecular weight is 218 g/mol. The van der Waals surface area contributed by atoms with Gasteiger partial charge in [0.05, 0.1) is 6.33 Å². The van der Waals surface area contributed by atoms with Gasteiger partial charge in [-0.1, -0.05) is 11.6 Å². The van der Waals surface area contributed by atoms with Crippen LogP contribution in [0.4, 0.5) is 5.82 Å². The van der Waals surface area contributed by atoms with Gasteiger partial charge < -0.3 is 15.4 Å². The van der Waals surface area contributed by atoms with E-state index in [4.69, 9.17) is 16.7 Å². The van der Waals surface area contributed by atoms with E-state index in [0.717, 1.165) is 6.42 Å². The number of hydrogen-bond donors (Lipinski definition) is 3. The molecule has 6 heteroatoms. The first-order valence-electron chi connectivity index (χ1n) is 4.33. The molecule has 0 saturated heterocycles. The highest BCUT2D eigenvalue weighted by molar-refractivity contribution is 6.32. The monoisotopic (exact) mass is 217 g/mol. The van der Waals surface area contributed by atoms with Crippen LogP contribution < -0.4 is 10.9 Å². The maximum absolute atomic E-state index is 11.0. The zero-order valence-corrected chi connectivity index (χ0v) is 8.34. The molecule has 0 unspecified atom stereocenters. The predicted molar refractivity (Wildman–Crippen MR) is 54.7 cm³/mol. The van der Waals surface area contributed by atoms with Crippen molar-refractivity contribution in [3.63, 3.8) is 0 Å². The van der Waals surface area contributed by atoms with Crippen molar-refractivity contribution < 1.29 is 5.11 Å². The number of nitrogens with zero attached hydrogens (tertiary/aromatic N) is 1. The molecule has 78 valence electrons. The standard InChI is InChI=1S/C8H12ClN3O2/c9-6-7(10-3-1-2-4-13)11-5-12-8(6)14/h5,13H,1-4H2,(H2,10,11,12,14). The largest absolute Gasteiger partial charge is 0.396 e. The van der Waals surface area contributed by atoms with Gasteiger partial charge in [-0.3, -0.25) is 4.79 Å². The second-order valence-corrected chi connectivity index (χ2v) is 3.13. The van der Waals surface area contributed by atoms with Crippen molar-refractivity contribution in [2.75, 3.05) is 18.5 Å². The Hall–Kier alpha value is -1.07. The molecule has 0 atom stereocenters. The van der Waals surface area contributed by atoms with Gasteiger partial charge in [0, 0.05) is 13.2 Å². The molecule has 0 saturated carbocycles. The third kappa shape index (κ3) is 3.01. The smallest absolute Gasteiger partial charge is 0.271 e. The zero-order chi connectivity index (χ0) is 10.4. The fraction of sp³-hybridized carbons (Fsp3) is 0.500. The van der Waals surface area contributed by atoms with Gasteiger partial charge in [0.15, 0.2) is 5.82 Å². The van der Waals surface area contributed by atoms with E-state index < -0.39 is 0 Å². The lowest BCUT2D eigenvalue weighted by Crippen LogP contribution is -2.12. The number of aromatic amines is 1. The maximum Gasteiger partial charge on any atom is 0.271 e. The second-order valence-electron chi connectivity index (χ2n) is 2.75. The van der Waals surface area contributed by atoms with Crippen LogP contribution >= 0.6 is 11.6 Å². The Morgan fingerprint density at radius 2 is 2.36 bits per heavy atom. The van der Waals surface area contributed by atoms with Gasteiger partial charge in [0.25, 0.3) is 5.56 Å². The molecule has 1 aromatic rings. The molecule has 1 heterocycles. The molecule has 5 nitrogen and oxygen atoms in total. The topological polar surface area (TPSA) is 78.0 Å². The lowest BCUT2D eigenvalue weighted by Gasteiger charge is -2.04. The molecule has 0 amide bonds. The summed E-state index contributed by atoms with van der Waals surface area (Å²) in [5.74, 6) is 0.383. The van der Waals surface area contributed by atoms with Crippen LogP contribution in [0.5, 0.6) is 0 Å². The summed E-state index contributed by atoms with van der Waals surface area (Å²) in [5.41, 5.74) is -0.355. The normalized spacial score (nSPS) is 10.1. The van der Waals surface area contributed by atoms with Crippen molar-refractivity contribution in [2.45, 2.75) is 12.8 Å². The van der Waals surface area contributed by atoms with Gasteiger partial charge in [-0.05, 0) is 12.8 Å². The van der Waals surface area contributed by atoms with E-state index in [1.54, 1.807) is 0 Å². The van der Waals surface area contributed by atoms with Crippen molar-refractivity contribution in [1.29, 1.82) is 0 Å². The van der Waals surface area contributed by atoms with Crippen LogP contribution in [0.2, 0.25) is 5.02 Å². The first-order valence-corrected chi connectivity index (χ1v) is 4.71. The Balaban J connectivity index is 2.51. The SMILES string of the molecule is O=c1[nH]cnc(NCCCCO)c1Cl. The highest BCUT2D eigenvalue weighted by atomic mass is 35.5. The number of aromatic nitrogens is 2. The minimum atomic E-state index is -0.355. The van der Waals surface area contributed by atoms with E-state index in [0.29, 0.717) is 18.8 Å². The lowest BCUT2D eigenvalue weighted by molar-refractivity contribution is 0.286. The minimum Gasteiger partial charge on any atom is -0.396 e. The fourth-order valence-electron chi connectivity index (χ4n) is 0.950. The Morgan fingerprint density at radius 3 is 3.07 bits per heavy atom. The first kappa shape index (κ1) is 11.0. The van der Waals surface area contributed by atoms with Crippen LogP contribution in [0.3, 0.4) is 0 Å². The van der Waals surface area contributed by atoms with Crippen LogP contribution in [0.1, 0.15) is 12.8 Å². The number of aliphatic hydroxyl groups is 1. The van der Waals surface area contributed by atoms with Crippen LogP contribution in [0.25, 0.3) is 0 Å². The van der Waals surface area contributed by atoms with E-state index in [9.17, 15) is 4.79 Å². The molecule has 0 aliphatic carbocycles. The Kier molecular flexibility index (Phi) is 4.42. The molecule has 0 aromatic carbocycles. The number of halogens is 1. The Morgan fingerprint density at radius 1 is 1.57 bits per heavy atom. The molecule has 3 N–H and O–H groups in total. The van der Waals surface area contributed by atoms with Gasteiger partial charge in [-0.2, -0.15) is 0 Å². The zero-order valence-electron chi connectivity index (χ0n) is 7.59. The number of aliphatic hydroxyl groups excluding tert-OH is 1. The van der Waals surface area contributed by atoms with E-state index >= 15 is 0 Å². The molecule has 0 radical (unpaired) electrons. The first-order chi connectivity index (χ1) is 6.75. The number of anilines is 1. The summed E-state index contributed by atoms with van der Waals surface area (Å²) in [5, 5.41) is 11.5. The molecule has 14 heavy (non-hydrogen) atoms. The Bertz CT molecular complexity index is 340. The molecule has 0 aliphatic rings. The summed E-state index contributed by atoms with van der Waals surface area (Å²) in [6.45, 7) is 0.801. The summed E-state index contributed by atoms with van der Waals surface area (Å²) in [6, 6.07) is 0. The van der Waals surface area contributed by atoms with Gasteiger partial charge in [0.2, 0.25) is 0 Å². The highest BCUT2D eigenvalue weighted by Crippen LogP contribution is 2.11. The molecule has 1 rings (SSSR count). The average Bonchev–Trinajstić information content (AvgIpc) is 2.19. The molecule has 0 spiro atoms. The number of H-pyrrole nitrogens is 1. The number of unbranched alkanes of at least 4 members (excludes halogenated alkanes) is 1. The van der Waals surface area contributed by atoms with E-state index in [1.807, 2.05) is 0 Å². The minimum absolute atomic E-state index is 0.0662. The second kappa shape index (κ2) is 5.62. The van der Waals surface area contributed by atoms with Crippen LogP contribution in [-0.4, -0.2) is 28.2 Å². The number of hydrogen-bond acceptors (Lipinski definition) is 4. The van der Waals surface area contributed by atoms with Crippen molar-refractivity contribution in [1.82, 2.24) is 9.97 Å². The molecular weight excluding hydrogens is 206 g/mol. The third-order valence-electron chi connectivity index (χ3n) is 1.67. The summed E-state index contributed by atoms with van der Waals surface area (Å²) < 4.78 is 0. The highest BCUT2D eigenvalue weighted by Gasteiger charge is 2.03. The van der Waals surface area contributed by atoms with Gasteiger partial charge >= 0.3 is 0 Å². The van der Waals surface area contributed by atoms with E-state index in [1.165, 1.54) is 6.33 Å². The molecular formula is C8H12ClN3O2. The van der Waals surface area contributed by atoms with Crippen LogP contribution in [0, 0.1) is 0 Å². The molecule has 0 bridgehead atoms. The van der Waals surface area contributed by atoms with Crippen LogP contribution in [0.15, 0.2) is 11.1 Å². The van der Waals surface area contributed by atoms with Gasteiger partial charge in [-0.25, -0.2) is 4.98 Å². The maximum atomic E-state index is 11.0. The quantitative estimate of drug-likeness (QED) is 0.632. The van der Waals surface area contributed by atoms with Crippen molar-refractivity contribution >= 4 is 17.4 Å². The van der Waals surface area contributed by atoms with Crippen molar-refractivity contribution in [3.8, 4) is 0 Å². The predicted octanol–water partition coefficient (Wildman–Crippen LogP) is 0.608. The van der Waals surface area contributed by atoms with Gasteiger partial charge in [0.1, 0.15) is 5.02 Å². The molecule has 0 aliphatic heterocycles. The van der Waals surface area contributed by atoms with E-state index in [2.05, 4.69) is 15.3 Å². The third-order valence-corrected chi connectivity index (χ3v) is 2.02. The summed E-state index contributed by atoms with van der Waals surface area (Å²) >= 11 is 5.69. The number of nitrogens with one attached hydrogen (secondary N) is 2. The molecule has 0 fully saturated rings. The Labute approximate surface area is 86.1 Å². The summed E-state index contributed by atoms with van der Waals surface area (Å²) in [4.78, 5) is 17.3. The summed E-state index contributed by atoms with van der Waals surface area (Å²) in [6.07, 6.45) is 2.82. The lowest BCUT2D eigenvalue weighted by atomic mass is 10.3. The van der Waals surface area contributed by atoms with Crippen LogP contribution in [-0.2, 0) is 0 Å². The molecule has 1 aromatic heterocycles. The van der Waals surface area contributed by atoms with Crippen molar-refractivity contribution in [2.24, 2.45) is 0 Å². The van der Waals surface area contributed by atoms with Crippen molar-refractivity contribution in [3.05, 3.63) is 21.7 Å². The summed E-state index contributed by atoms with van der Waals surface area (Å²) in [7, 11) is 0. The fourth-order valence-corrected chi connectivity index (χ4v) is 1.12.